The fraction of sp³-hybridized carbons (Fsp3) is 0.435. The van der Waals surface area contributed by atoms with E-state index in [1.807, 2.05) is 5.32 Å². The summed E-state index contributed by atoms with van der Waals surface area (Å²) in [6.07, 6.45) is -9.17. The number of pyridine rings is 1. The van der Waals surface area contributed by atoms with Crippen molar-refractivity contribution in [3.8, 4) is 0 Å². The van der Waals surface area contributed by atoms with Gasteiger partial charge >= 0.3 is 12.4 Å². The van der Waals surface area contributed by atoms with Gasteiger partial charge in [-0.2, -0.15) is 26.3 Å². The van der Waals surface area contributed by atoms with E-state index in [0.717, 1.165) is 12.1 Å². The third kappa shape index (κ3) is 5.09. The average molecular weight is 587 g/mol. The van der Waals surface area contributed by atoms with Crippen LogP contribution in [-0.4, -0.2) is 40.0 Å². The second-order valence-electron chi connectivity index (χ2n) is 9.29. The van der Waals surface area contributed by atoms with Crippen LogP contribution in [0.4, 0.5) is 30.7 Å². The van der Waals surface area contributed by atoms with E-state index in [1.165, 1.54) is 31.0 Å². The Kier molecular flexibility index (Phi) is 7.23. The van der Waals surface area contributed by atoms with E-state index in [0.29, 0.717) is 11.1 Å². The van der Waals surface area contributed by atoms with E-state index in [9.17, 15) is 35.5 Å². The third-order valence-corrected chi connectivity index (χ3v) is 6.88. The normalized spacial score (nSPS) is 20.3. The quantitative estimate of drug-likeness (QED) is 0.335. The minimum atomic E-state index is -4.99. The molecule has 38 heavy (non-hydrogen) atoms. The lowest BCUT2D eigenvalue weighted by atomic mass is 9.89. The van der Waals surface area contributed by atoms with Crippen molar-refractivity contribution in [3.63, 3.8) is 0 Å². The van der Waals surface area contributed by atoms with Gasteiger partial charge in [-0.3, -0.25) is 9.78 Å². The molecule has 6 nitrogen and oxygen atoms in total. The highest BCUT2D eigenvalue weighted by Crippen LogP contribution is 2.50. The zero-order chi connectivity index (χ0) is 28.2. The van der Waals surface area contributed by atoms with Crippen LogP contribution in [0.5, 0.6) is 0 Å². The number of halogens is 9. The van der Waals surface area contributed by atoms with Crippen LogP contribution in [-0.2, 0) is 23.5 Å². The van der Waals surface area contributed by atoms with Crippen molar-refractivity contribution in [2.45, 2.75) is 57.4 Å². The molecule has 1 amide bonds. The molecule has 2 aromatic rings. The Labute approximate surface area is 221 Å². The Balaban J connectivity index is 1.54. The number of fused-ring (bicyclic) bond motifs is 1. The second kappa shape index (κ2) is 9.74. The standard InChI is InChI=1S/C23H19Cl2F7N4O2/c1-10(2)19(22(27,28)29)34-20(37)16-3-11-8-36(9-12(11)7-33-16)17-6-21(38-35-17,23(30,31)32)13-4-14(24)18(26)15(25)5-13/h3-5,7,10,19H,6,8-9H2,1-2H3,(H,34,37). The summed E-state index contributed by atoms with van der Waals surface area (Å²) in [5, 5.41) is 4.33. The number of amidine groups is 1. The summed E-state index contributed by atoms with van der Waals surface area (Å²) in [4.78, 5) is 22.8. The van der Waals surface area contributed by atoms with Gasteiger partial charge in [-0.15, -0.1) is 0 Å². The molecule has 0 radical (unpaired) electrons. The Morgan fingerprint density at radius 3 is 2.24 bits per heavy atom. The topological polar surface area (TPSA) is 66.8 Å². The number of nitrogens with zero attached hydrogens (tertiary/aromatic N) is 3. The van der Waals surface area contributed by atoms with E-state index >= 15 is 0 Å². The number of benzene rings is 1. The molecule has 0 aliphatic carbocycles. The van der Waals surface area contributed by atoms with Gasteiger partial charge in [0, 0.05) is 24.8 Å². The first-order valence-electron chi connectivity index (χ1n) is 11.1. The van der Waals surface area contributed by atoms with Crippen molar-refractivity contribution in [2.24, 2.45) is 11.1 Å². The minimum absolute atomic E-state index is 0.00786. The Morgan fingerprint density at radius 2 is 1.68 bits per heavy atom. The fourth-order valence-electron chi connectivity index (χ4n) is 4.28. The lowest BCUT2D eigenvalue weighted by molar-refractivity contribution is -0.275. The zero-order valence-electron chi connectivity index (χ0n) is 19.6. The van der Waals surface area contributed by atoms with E-state index in [-0.39, 0.29) is 24.6 Å². The lowest BCUT2D eigenvalue weighted by Crippen LogP contribution is -2.48. The van der Waals surface area contributed by atoms with Gasteiger partial charge < -0.3 is 15.1 Å². The highest BCUT2D eigenvalue weighted by Gasteiger charge is 2.63. The summed E-state index contributed by atoms with van der Waals surface area (Å²) >= 11 is 11.4. The van der Waals surface area contributed by atoms with Crippen LogP contribution in [0, 0.1) is 11.7 Å². The monoisotopic (exact) mass is 586 g/mol. The molecule has 2 aliphatic rings. The van der Waals surface area contributed by atoms with Crippen LogP contribution in [0.1, 0.15) is 47.4 Å². The van der Waals surface area contributed by atoms with Crippen molar-refractivity contribution in [3.05, 3.63) is 62.6 Å². The van der Waals surface area contributed by atoms with Crippen LogP contribution in [0.15, 0.2) is 29.6 Å². The molecule has 2 atom stereocenters. The van der Waals surface area contributed by atoms with Crippen molar-refractivity contribution in [1.29, 1.82) is 0 Å². The molecular formula is C23H19Cl2F7N4O2. The van der Waals surface area contributed by atoms with Gasteiger partial charge in [0.25, 0.3) is 11.5 Å². The molecule has 206 valence electrons. The van der Waals surface area contributed by atoms with Gasteiger partial charge in [0.05, 0.1) is 16.5 Å². The Bertz CT molecular complexity index is 1280. The van der Waals surface area contributed by atoms with Gasteiger partial charge in [0.2, 0.25) is 0 Å². The molecule has 2 unspecified atom stereocenters. The lowest BCUT2D eigenvalue weighted by Gasteiger charge is -2.30. The minimum Gasteiger partial charge on any atom is -0.372 e. The summed E-state index contributed by atoms with van der Waals surface area (Å²) in [6.45, 7) is 2.67. The molecule has 15 heteroatoms. The Morgan fingerprint density at radius 1 is 1.08 bits per heavy atom. The summed E-state index contributed by atoms with van der Waals surface area (Å²) < 4.78 is 96.3. The van der Waals surface area contributed by atoms with Crippen molar-refractivity contribution < 1.29 is 40.4 Å². The summed E-state index contributed by atoms with van der Waals surface area (Å²) in [5.41, 5.74) is -2.78. The maximum atomic E-state index is 14.2. The third-order valence-electron chi connectivity index (χ3n) is 6.33. The number of rotatable bonds is 4. The van der Waals surface area contributed by atoms with Gasteiger partial charge in [-0.05, 0) is 35.2 Å². The summed E-state index contributed by atoms with van der Waals surface area (Å²) in [7, 11) is 0. The molecule has 1 N–H and O–H groups in total. The maximum Gasteiger partial charge on any atom is 0.435 e. The highest BCUT2D eigenvalue weighted by atomic mass is 35.5. The van der Waals surface area contributed by atoms with Crippen molar-refractivity contribution in [1.82, 2.24) is 15.2 Å². The number of aromatic nitrogens is 1. The first-order chi connectivity index (χ1) is 17.5. The van der Waals surface area contributed by atoms with Gasteiger partial charge in [0.15, 0.2) is 5.82 Å². The molecule has 0 saturated heterocycles. The number of oxime groups is 1. The van der Waals surface area contributed by atoms with Crippen LogP contribution in [0.25, 0.3) is 0 Å². The first-order valence-corrected chi connectivity index (χ1v) is 11.9. The molecule has 1 aromatic heterocycles. The van der Waals surface area contributed by atoms with Crippen LogP contribution >= 0.6 is 23.2 Å². The van der Waals surface area contributed by atoms with E-state index in [2.05, 4.69) is 10.1 Å². The van der Waals surface area contributed by atoms with Crippen LogP contribution < -0.4 is 5.32 Å². The predicted octanol–water partition coefficient (Wildman–Crippen LogP) is 6.35. The number of nitrogens with one attached hydrogen (secondary N) is 1. The zero-order valence-corrected chi connectivity index (χ0v) is 21.2. The largest absolute Gasteiger partial charge is 0.435 e. The molecule has 1 aromatic carbocycles. The molecule has 0 bridgehead atoms. The predicted molar refractivity (Wildman–Crippen MR) is 123 cm³/mol. The van der Waals surface area contributed by atoms with E-state index in [1.54, 1.807) is 0 Å². The van der Waals surface area contributed by atoms with Gasteiger partial charge in [-0.1, -0.05) is 42.2 Å². The number of amides is 1. The SMILES string of the molecule is CC(C)C(NC(=O)c1cc2c(cn1)CN(C1=NOC(c3cc(Cl)c(F)c(Cl)c3)(C(F)(F)F)C1)C2)C(F)(F)F. The van der Waals surface area contributed by atoms with Gasteiger partial charge in [-0.25, -0.2) is 4.39 Å². The molecule has 4 rings (SSSR count). The van der Waals surface area contributed by atoms with Gasteiger partial charge in [0.1, 0.15) is 17.6 Å². The number of hydrogen-bond donors (Lipinski definition) is 1. The van der Waals surface area contributed by atoms with Crippen LogP contribution in [0.2, 0.25) is 10.0 Å². The molecule has 0 saturated carbocycles. The molecule has 2 aliphatic heterocycles. The second-order valence-corrected chi connectivity index (χ2v) is 10.1. The molecule has 3 heterocycles. The highest BCUT2D eigenvalue weighted by molar-refractivity contribution is 6.35. The molecule has 0 fully saturated rings. The number of hydrogen-bond acceptors (Lipinski definition) is 5. The van der Waals surface area contributed by atoms with E-state index in [4.69, 9.17) is 28.0 Å². The molecule has 0 spiro atoms. The van der Waals surface area contributed by atoms with E-state index < -0.39 is 63.7 Å². The summed E-state index contributed by atoms with van der Waals surface area (Å²) in [6, 6.07) is 0.738. The number of carbonyl (C=O) groups is 1. The number of carbonyl (C=O) groups excluding carboxylic acids is 1. The van der Waals surface area contributed by atoms with Crippen molar-refractivity contribution in [2.75, 3.05) is 0 Å². The van der Waals surface area contributed by atoms with Crippen molar-refractivity contribution >= 4 is 34.9 Å². The first kappa shape index (κ1) is 28.2. The smallest absolute Gasteiger partial charge is 0.372 e. The van der Waals surface area contributed by atoms with Crippen LogP contribution in [0.3, 0.4) is 0 Å². The molecular weight excluding hydrogens is 568 g/mol. The summed E-state index contributed by atoms with van der Waals surface area (Å²) in [5.74, 6) is -3.14. The Hall–Kier alpha value is -2.80. The number of alkyl halides is 6. The average Bonchev–Trinajstić information content (AvgIpc) is 3.44. The fourth-order valence-corrected chi connectivity index (χ4v) is 4.76. The maximum absolute atomic E-state index is 14.2.